The average molecular weight is 302 g/mol. The first-order valence-corrected chi connectivity index (χ1v) is 6.57. The third-order valence-electron chi connectivity index (χ3n) is 2.11. The summed E-state index contributed by atoms with van der Waals surface area (Å²) in [7, 11) is 0. The summed E-state index contributed by atoms with van der Waals surface area (Å²) < 4.78 is 5.45. The summed E-state index contributed by atoms with van der Waals surface area (Å²) in [6, 6.07) is 6.85. The molecule has 0 bridgehead atoms. The molecular formula is C12H16ClN3O2S. The molecule has 3 N–H and O–H groups in total. The highest BCUT2D eigenvalue weighted by Crippen LogP contribution is 2.18. The molecule has 0 saturated heterocycles. The number of benzene rings is 1. The Kier molecular flexibility index (Phi) is 6.38. The molecule has 5 nitrogen and oxygen atoms in total. The van der Waals surface area contributed by atoms with Crippen LogP contribution in [0, 0.1) is 0 Å². The minimum atomic E-state index is -0.671. The lowest BCUT2D eigenvalue weighted by Crippen LogP contribution is -2.50. The van der Waals surface area contributed by atoms with Crippen LogP contribution in [0.1, 0.15) is 13.8 Å². The van der Waals surface area contributed by atoms with Gasteiger partial charge in [-0.1, -0.05) is 17.7 Å². The zero-order valence-corrected chi connectivity index (χ0v) is 12.3. The first-order valence-electron chi connectivity index (χ1n) is 5.79. The van der Waals surface area contributed by atoms with Crippen molar-refractivity contribution in [3.63, 3.8) is 0 Å². The molecule has 0 heterocycles. The fourth-order valence-electron chi connectivity index (χ4n) is 1.22. The molecule has 0 radical (unpaired) electrons. The fraction of sp³-hybridized carbons (Fsp3) is 0.333. The van der Waals surface area contributed by atoms with Crippen LogP contribution in [0.15, 0.2) is 24.3 Å². The molecule has 1 aromatic carbocycles. The second kappa shape index (κ2) is 7.81. The highest BCUT2D eigenvalue weighted by molar-refractivity contribution is 7.80. The van der Waals surface area contributed by atoms with Gasteiger partial charge in [-0.2, -0.15) is 0 Å². The van der Waals surface area contributed by atoms with E-state index in [1.807, 2.05) is 6.92 Å². The number of rotatable bonds is 4. The molecule has 0 aliphatic heterocycles. The van der Waals surface area contributed by atoms with Crippen molar-refractivity contribution in [1.29, 1.82) is 0 Å². The number of hydrazine groups is 1. The quantitative estimate of drug-likeness (QED) is 0.583. The molecule has 0 saturated carbocycles. The van der Waals surface area contributed by atoms with E-state index in [2.05, 4.69) is 16.2 Å². The summed E-state index contributed by atoms with van der Waals surface area (Å²) in [6.45, 7) is 4.21. The summed E-state index contributed by atoms with van der Waals surface area (Å²) in [5.41, 5.74) is 5.03. The van der Waals surface area contributed by atoms with E-state index in [4.69, 9.17) is 28.6 Å². The molecule has 0 fully saturated rings. The van der Waals surface area contributed by atoms with Crippen molar-refractivity contribution in [1.82, 2.24) is 16.2 Å². The number of amides is 1. The lowest BCUT2D eigenvalue weighted by molar-refractivity contribution is -0.127. The van der Waals surface area contributed by atoms with E-state index < -0.39 is 6.10 Å². The minimum Gasteiger partial charge on any atom is -0.481 e. The van der Waals surface area contributed by atoms with Crippen LogP contribution in [-0.2, 0) is 4.79 Å². The Morgan fingerprint density at radius 1 is 1.47 bits per heavy atom. The molecule has 7 heteroatoms. The summed E-state index contributed by atoms with van der Waals surface area (Å²) >= 11 is 10.7. The lowest BCUT2D eigenvalue weighted by Gasteiger charge is -2.16. The highest BCUT2D eigenvalue weighted by Gasteiger charge is 2.14. The van der Waals surface area contributed by atoms with Crippen molar-refractivity contribution < 1.29 is 9.53 Å². The topological polar surface area (TPSA) is 62.4 Å². The highest BCUT2D eigenvalue weighted by atomic mass is 35.5. The predicted molar refractivity (Wildman–Crippen MR) is 79.1 cm³/mol. The second-order valence-corrected chi connectivity index (χ2v) is 4.54. The van der Waals surface area contributed by atoms with Crippen molar-refractivity contribution in [2.24, 2.45) is 0 Å². The van der Waals surface area contributed by atoms with Crippen molar-refractivity contribution in [3.05, 3.63) is 29.3 Å². The first kappa shape index (κ1) is 15.5. The zero-order chi connectivity index (χ0) is 14.3. The predicted octanol–water partition coefficient (Wildman–Crippen LogP) is 1.62. The molecular weight excluding hydrogens is 286 g/mol. The third kappa shape index (κ3) is 5.76. The molecule has 0 aromatic heterocycles. The van der Waals surface area contributed by atoms with E-state index in [0.29, 0.717) is 22.4 Å². The molecule has 1 rings (SSSR count). The van der Waals surface area contributed by atoms with Gasteiger partial charge in [0.15, 0.2) is 11.2 Å². The van der Waals surface area contributed by atoms with Crippen LogP contribution in [0.4, 0.5) is 0 Å². The van der Waals surface area contributed by atoms with Gasteiger partial charge in [0.1, 0.15) is 5.75 Å². The van der Waals surface area contributed by atoms with Crippen molar-refractivity contribution >= 4 is 34.8 Å². The Balaban J connectivity index is 2.42. The van der Waals surface area contributed by atoms with Gasteiger partial charge < -0.3 is 10.1 Å². The van der Waals surface area contributed by atoms with E-state index in [-0.39, 0.29) is 5.91 Å². The SMILES string of the molecule is CCNC(=S)NNC(=O)C(C)Oc1cccc(Cl)c1. The smallest absolute Gasteiger partial charge is 0.279 e. The Labute approximate surface area is 122 Å². The molecule has 0 aliphatic rings. The number of hydrogen-bond acceptors (Lipinski definition) is 3. The van der Waals surface area contributed by atoms with E-state index in [9.17, 15) is 4.79 Å². The number of nitrogens with one attached hydrogen (secondary N) is 3. The lowest BCUT2D eigenvalue weighted by atomic mass is 10.3. The Hall–Kier alpha value is -1.53. The van der Waals surface area contributed by atoms with Crippen LogP contribution in [0.25, 0.3) is 0 Å². The Morgan fingerprint density at radius 3 is 2.84 bits per heavy atom. The fourth-order valence-corrected chi connectivity index (χ4v) is 1.60. The normalized spacial score (nSPS) is 11.3. The van der Waals surface area contributed by atoms with E-state index in [0.717, 1.165) is 0 Å². The molecule has 1 unspecified atom stereocenters. The molecule has 1 aromatic rings. The van der Waals surface area contributed by atoms with Crippen molar-refractivity contribution in [2.45, 2.75) is 20.0 Å². The summed E-state index contributed by atoms with van der Waals surface area (Å²) in [5.74, 6) is 0.199. The van der Waals surface area contributed by atoms with E-state index in [1.54, 1.807) is 31.2 Å². The number of hydrogen-bond donors (Lipinski definition) is 3. The Morgan fingerprint density at radius 2 is 2.21 bits per heavy atom. The van der Waals surface area contributed by atoms with Gasteiger partial charge in [-0.3, -0.25) is 15.6 Å². The van der Waals surface area contributed by atoms with Crippen LogP contribution in [0.5, 0.6) is 5.75 Å². The number of ether oxygens (including phenoxy) is 1. The molecule has 104 valence electrons. The van der Waals surface area contributed by atoms with Gasteiger partial charge in [0.05, 0.1) is 0 Å². The number of thiocarbonyl (C=S) groups is 1. The maximum Gasteiger partial charge on any atom is 0.279 e. The van der Waals surface area contributed by atoms with Crippen molar-refractivity contribution in [2.75, 3.05) is 6.54 Å². The van der Waals surface area contributed by atoms with Crippen LogP contribution >= 0.6 is 23.8 Å². The molecule has 1 atom stereocenters. The molecule has 1 amide bonds. The van der Waals surface area contributed by atoms with Crippen molar-refractivity contribution in [3.8, 4) is 5.75 Å². The van der Waals surface area contributed by atoms with Gasteiger partial charge in [-0.05, 0) is 44.3 Å². The first-order chi connectivity index (χ1) is 9.02. The Bertz CT molecular complexity index is 456. The second-order valence-electron chi connectivity index (χ2n) is 3.69. The van der Waals surface area contributed by atoms with E-state index in [1.165, 1.54) is 0 Å². The zero-order valence-electron chi connectivity index (χ0n) is 10.7. The molecule has 0 aliphatic carbocycles. The van der Waals surface area contributed by atoms with Crippen LogP contribution < -0.4 is 20.9 Å². The average Bonchev–Trinajstić information content (AvgIpc) is 2.36. The van der Waals surface area contributed by atoms with Gasteiger partial charge in [0.25, 0.3) is 5.91 Å². The summed E-state index contributed by atoms with van der Waals surface area (Å²) in [5, 5.41) is 3.75. The van der Waals surface area contributed by atoms with Gasteiger partial charge in [-0.25, -0.2) is 0 Å². The largest absolute Gasteiger partial charge is 0.481 e. The summed E-state index contributed by atoms with van der Waals surface area (Å²) in [4.78, 5) is 11.7. The van der Waals surface area contributed by atoms with E-state index >= 15 is 0 Å². The molecule has 19 heavy (non-hydrogen) atoms. The minimum absolute atomic E-state index is 0.333. The number of carbonyl (C=O) groups excluding carboxylic acids is 1. The maximum absolute atomic E-state index is 11.7. The molecule has 0 spiro atoms. The van der Waals surface area contributed by atoms with Gasteiger partial charge in [0.2, 0.25) is 0 Å². The monoisotopic (exact) mass is 301 g/mol. The number of carbonyl (C=O) groups is 1. The van der Waals surface area contributed by atoms with Gasteiger partial charge >= 0.3 is 0 Å². The third-order valence-corrected chi connectivity index (χ3v) is 2.60. The number of halogens is 1. The summed E-state index contributed by atoms with van der Waals surface area (Å²) in [6.07, 6.45) is -0.671. The van der Waals surface area contributed by atoms with Crippen LogP contribution in [0.3, 0.4) is 0 Å². The standard InChI is InChI=1S/C12H16ClN3O2S/c1-3-14-12(19)16-15-11(17)8(2)18-10-6-4-5-9(13)7-10/h4-8H,3H2,1-2H3,(H,15,17)(H2,14,16,19). The maximum atomic E-state index is 11.7. The van der Waals surface area contributed by atoms with Crippen LogP contribution in [0.2, 0.25) is 5.02 Å². The van der Waals surface area contributed by atoms with Gasteiger partial charge in [0, 0.05) is 11.6 Å². The van der Waals surface area contributed by atoms with Gasteiger partial charge in [-0.15, -0.1) is 0 Å². The van der Waals surface area contributed by atoms with Crippen LogP contribution in [-0.4, -0.2) is 23.7 Å².